The molecule has 102 valence electrons. The number of aryl methyl sites for hydroxylation is 2. The first-order valence-electron chi connectivity index (χ1n) is 6.18. The molecular weight excluding hydrogens is 321 g/mol. The first kappa shape index (κ1) is 13.1. The van der Waals surface area contributed by atoms with Crippen molar-refractivity contribution in [2.75, 3.05) is 5.73 Å². The summed E-state index contributed by atoms with van der Waals surface area (Å²) in [4.78, 5) is 4.29. The van der Waals surface area contributed by atoms with Crippen molar-refractivity contribution in [1.29, 1.82) is 0 Å². The molecule has 0 spiro atoms. The minimum atomic E-state index is -0.331. The van der Waals surface area contributed by atoms with Crippen molar-refractivity contribution < 1.29 is 4.39 Å². The molecule has 2 N–H and O–H groups in total. The summed E-state index contributed by atoms with van der Waals surface area (Å²) in [7, 11) is 0. The molecule has 0 saturated carbocycles. The normalized spacial score (nSPS) is 11.2. The van der Waals surface area contributed by atoms with Gasteiger partial charge in [-0.1, -0.05) is 6.07 Å². The molecule has 0 fully saturated rings. The Morgan fingerprint density at radius 2 is 1.90 bits per heavy atom. The number of nitrogen functional groups attached to an aromatic ring is 1. The third-order valence-corrected chi connectivity index (χ3v) is 4.08. The molecule has 0 amide bonds. The molecule has 20 heavy (non-hydrogen) atoms. The highest BCUT2D eigenvalue weighted by Gasteiger charge is 2.13. The smallest absolute Gasteiger partial charge is 0.205 e. The number of nitrogens with two attached hydrogens (primary N) is 1. The minimum absolute atomic E-state index is 0.331. The molecule has 0 atom stereocenters. The lowest BCUT2D eigenvalue weighted by Gasteiger charge is -2.09. The van der Waals surface area contributed by atoms with Gasteiger partial charge in [-0.3, -0.25) is 4.57 Å². The quantitative estimate of drug-likeness (QED) is 0.727. The predicted molar refractivity (Wildman–Crippen MR) is 82.6 cm³/mol. The van der Waals surface area contributed by atoms with Crippen molar-refractivity contribution in [3.05, 3.63) is 51.7 Å². The van der Waals surface area contributed by atoms with E-state index in [4.69, 9.17) is 5.73 Å². The fourth-order valence-electron chi connectivity index (χ4n) is 2.23. The van der Waals surface area contributed by atoms with Crippen molar-refractivity contribution in [3.8, 4) is 5.69 Å². The lowest BCUT2D eigenvalue weighted by atomic mass is 10.1. The van der Waals surface area contributed by atoms with Crippen LogP contribution in [-0.2, 0) is 0 Å². The van der Waals surface area contributed by atoms with Crippen LogP contribution in [0.5, 0.6) is 0 Å². The van der Waals surface area contributed by atoms with Crippen LogP contribution in [0, 0.1) is 19.7 Å². The van der Waals surface area contributed by atoms with Gasteiger partial charge in [0.1, 0.15) is 5.82 Å². The van der Waals surface area contributed by atoms with Crippen molar-refractivity contribution in [3.63, 3.8) is 0 Å². The molecule has 0 bridgehead atoms. The van der Waals surface area contributed by atoms with Crippen LogP contribution >= 0.6 is 15.9 Å². The third kappa shape index (κ3) is 1.98. The number of nitrogens with zero attached hydrogens (tertiary/aromatic N) is 2. The van der Waals surface area contributed by atoms with E-state index in [0.29, 0.717) is 21.5 Å². The highest BCUT2D eigenvalue weighted by atomic mass is 79.9. The summed E-state index contributed by atoms with van der Waals surface area (Å²) in [6.07, 6.45) is 0. The minimum Gasteiger partial charge on any atom is -0.369 e. The van der Waals surface area contributed by atoms with Crippen LogP contribution in [0.2, 0.25) is 0 Å². The number of imidazole rings is 1. The summed E-state index contributed by atoms with van der Waals surface area (Å²) >= 11 is 3.16. The van der Waals surface area contributed by atoms with Gasteiger partial charge in [-0.15, -0.1) is 0 Å². The molecule has 0 radical (unpaired) electrons. The van der Waals surface area contributed by atoms with Gasteiger partial charge in [0.25, 0.3) is 0 Å². The van der Waals surface area contributed by atoms with Crippen molar-refractivity contribution >= 4 is 32.9 Å². The van der Waals surface area contributed by atoms with Gasteiger partial charge in [0.15, 0.2) is 0 Å². The Hall–Kier alpha value is -1.88. The highest BCUT2D eigenvalue weighted by Crippen LogP contribution is 2.28. The van der Waals surface area contributed by atoms with E-state index >= 15 is 0 Å². The molecular formula is C15H13BrFN3. The second kappa shape index (κ2) is 4.59. The number of aromatic nitrogens is 2. The van der Waals surface area contributed by atoms with Gasteiger partial charge in [0, 0.05) is 11.8 Å². The summed E-state index contributed by atoms with van der Waals surface area (Å²) in [6, 6.07) is 9.08. The van der Waals surface area contributed by atoms with Crippen molar-refractivity contribution in [2.24, 2.45) is 0 Å². The highest BCUT2D eigenvalue weighted by molar-refractivity contribution is 9.10. The number of hydrogen-bond donors (Lipinski definition) is 1. The van der Waals surface area contributed by atoms with Crippen LogP contribution in [0.3, 0.4) is 0 Å². The maximum absolute atomic E-state index is 13.8. The molecule has 1 heterocycles. The van der Waals surface area contributed by atoms with E-state index < -0.39 is 0 Å². The van der Waals surface area contributed by atoms with E-state index in [-0.39, 0.29) is 5.82 Å². The molecule has 0 aliphatic carbocycles. The van der Waals surface area contributed by atoms with Crippen LogP contribution in [-0.4, -0.2) is 9.55 Å². The van der Waals surface area contributed by atoms with Gasteiger partial charge < -0.3 is 5.73 Å². The summed E-state index contributed by atoms with van der Waals surface area (Å²) < 4.78 is 15.9. The third-order valence-electron chi connectivity index (χ3n) is 3.47. The Balaban J connectivity index is 2.32. The van der Waals surface area contributed by atoms with E-state index in [9.17, 15) is 4.39 Å². The van der Waals surface area contributed by atoms with Crippen LogP contribution in [0.25, 0.3) is 16.7 Å². The van der Waals surface area contributed by atoms with E-state index in [0.717, 1.165) is 11.3 Å². The second-order valence-electron chi connectivity index (χ2n) is 4.83. The molecule has 5 heteroatoms. The molecule has 3 nitrogen and oxygen atoms in total. The van der Waals surface area contributed by atoms with Crippen molar-refractivity contribution in [1.82, 2.24) is 9.55 Å². The summed E-state index contributed by atoms with van der Waals surface area (Å²) in [5, 5.41) is 0. The van der Waals surface area contributed by atoms with Gasteiger partial charge in [-0.05, 0) is 59.1 Å². The average molecular weight is 334 g/mol. The largest absolute Gasteiger partial charge is 0.369 e. The number of fused-ring (bicyclic) bond motifs is 1. The first-order valence-corrected chi connectivity index (χ1v) is 6.97. The molecule has 0 saturated heterocycles. The zero-order valence-electron chi connectivity index (χ0n) is 11.1. The van der Waals surface area contributed by atoms with Crippen LogP contribution < -0.4 is 5.73 Å². The Morgan fingerprint density at radius 1 is 1.15 bits per heavy atom. The number of benzene rings is 2. The van der Waals surface area contributed by atoms with Gasteiger partial charge >= 0.3 is 0 Å². The number of anilines is 1. The Bertz CT molecular complexity index is 824. The molecule has 0 aliphatic heterocycles. The monoisotopic (exact) mass is 333 g/mol. The maximum atomic E-state index is 13.8. The second-order valence-corrected chi connectivity index (χ2v) is 5.68. The van der Waals surface area contributed by atoms with E-state index in [1.165, 1.54) is 11.6 Å². The van der Waals surface area contributed by atoms with Gasteiger partial charge in [0.05, 0.1) is 15.5 Å². The van der Waals surface area contributed by atoms with E-state index in [1.807, 2.05) is 32.0 Å². The SMILES string of the molecule is Cc1ccc(-n2c(N)nc3cc(Br)c(F)cc32)cc1C. The Morgan fingerprint density at radius 3 is 2.60 bits per heavy atom. The summed E-state index contributed by atoms with van der Waals surface area (Å²) in [5.41, 5.74) is 10.5. The first-order chi connectivity index (χ1) is 9.47. The lowest BCUT2D eigenvalue weighted by molar-refractivity contribution is 0.622. The van der Waals surface area contributed by atoms with Gasteiger partial charge in [-0.2, -0.15) is 0 Å². The van der Waals surface area contributed by atoms with Gasteiger partial charge in [0.2, 0.25) is 5.95 Å². The average Bonchev–Trinajstić information content (AvgIpc) is 2.69. The number of halogens is 2. The molecule has 0 unspecified atom stereocenters. The van der Waals surface area contributed by atoms with Crippen LogP contribution in [0.15, 0.2) is 34.8 Å². The zero-order chi connectivity index (χ0) is 14.4. The zero-order valence-corrected chi connectivity index (χ0v) is 12.7. The molecule has 3 aromatic rings. The molecule has 3 rings (SSSR count). The molecule has 2 aromatic carbocycles. The fourth-order valence-corrected chi connectivity index (χ4v) is 2.56. The Kier molecular flexibility index (Phi) is 3.01. The van der Waals surface area contributed by atoms with Crippen LogP contribution in [0.4, 0.5) is 10.3 Å². The predicted octanol–water partition coefficient (Wildman–Crippen LogP) is 4.13. The topological polar surface area (TPSA) is 43.8 Å². The van der Waals surface area contributed by atoms with Gasteiger partial charge in [-0.25, -0.2) is 9.37 Å². The summed E-state index contributed by atoms with van der Waals surface area (Å²) in [6.45, 7) is 4.08. The van der Waals surface area contributed by atoms with Crippen molar-refractivity contribution in [2.45, 2.75) is 13.8 Å². The fraction of sp³-hybridized carbons (Fsp3) is 0.133. The number of hydrogen-bond acceptors (Lipinski definition) is 2. The lowest BCUT2D eigenvalue weighted by Crippen LogP contribution is -2.01. The van der Waals surface area contributed by atoms with E-state index in [2.05, 4.69) is 20.9 Å². The van der Waals surface area contributed by atoms with Crippen LogP contribution in [0.1, 0.15) is 11.1 Å². The Labute approximate surface area is 124 Å². The summed E-state index contributed by atoms with van der Waals surface area (Å²) in [5.74, 6) is 0.0169. The standard InChI is InChI=1S/C15H13BrFN3/c1-8-3-4-10(5-9(8)2)20-14-7-12(17)11(16)6-13(14)19-15(20)18/h3-7H,1-2H3,(H2,18,19). The molecule has 0 aliphatic rings. The number of rotatable bonds is 1. The molecule has 1 aromatic heterocycles. The maximum Gasteiger partial charge on any atom is 0.205 e. The van der Waals surface area contributed by atoms with E-state index in [1.54, 1.807) is 10.6 Å².